The number of rotatable bonds is 73. The van der Waals surface area contributed by atoms with Crippen molar-refractivity contribution >= 4 is 39.5 Å². The lowest BCUT2D eigenvalue weighted by molar-refractivity contribution is -0.161. The fourth-order valence-electron chi connectivity index (χ4n) is 11.4. The molecular weight excluding hydrogens is 1230 g/mol. The molecule has 0 aromatic rings. The van der Waals surface area contributed by atoms with E-state index in [2.05, 4.69) is 48.5 Å². The number of ether oxygens (including phenoxy) is 4. The smallest absolute Gasteiger partial charge is 0.462 e. The second-order valence-electron chi connectivity index (χ2n) is 28.0. The highest BCUT2D eigenvalue weighted by atomic mass is 31.2. The van der Waals surface area contributed by atoms with Crippen LogP contribution in [0.2, 0.25) is 0 Å². The predicted molar refractivity (Wildman–Crippen MR) is 381 cm³/mol. The monoisotopic (exact) mass is 1380 g/mol. The van der Waals surface area contributed by atoms with Crippen LogP contribution in [-0.4, -0.2) is 96.7 Å². The van der Waals surface area contributed by atoms with E-state index in [-0.39, 0.29) is 25.7 Å². The molecule has 19 heteroatoms. The number of hydrogen-bond donors (Lipinski definition) is 3. The number of aliphatic hydroxyl groups is 1. The first-order valence-corrected chi connectivity index (χ1v) is 41.9. The van der Waals surface area contributed by atoms with Crippen LogP contribution >= 0.6 is 15.6 Å². The number of phosphoric ester groups is 2. The number of esters is 4. The van der Waals surface area contributed by atoms with E-state index in [0.717, 1.165) is 114 Å². The minimum Gasteiger partial charge on any atom is -0.462 e. The third-order valence-electron chi connectivity index (χ3n) is 18.1. The van der Waals surface area contributed by atoms with Gasteiger partial charge in [0, 0.05) is 25.7 Å². The Morgan fingerprint density at radius 3 is 0.809 bits per heavy atom. The zero-order valence-corrected chi connectivity index (χ0v) is 63.2. The Morgan fingerprint density at radius 1 is 0.309 bits per heavy atom. The van der Waals surface area contributed by atoms with E-state index in [1.54, 1.807) is 0 Å². The van der Waals surface area contributed by atoms with Gasteiger partial charge in [-0.05, 0) is 43.4 Å². The van der Waals surface area contributed by atoms with Crippen LogP contribution in [0, 0.1) is 17.8 Å². The minimum atomic E-state index is -4.96. The molecule has 0 aliphatic rings. The molecule has 0 aromatic heterocycles. The van der Waals surface area contributed by atoms with Crippen molar-refractivity contribution in [2.45, 2.75) is 401 Å². The third kappa shape index (κ3) is 66.0. The fraction of sp³-hybridized carbons (Fsp3) is 0.947. The van der Waals surface area contributed by atoms with Gasteiger partial charge in [0.1, 0.15) is 19.3 Å². The summed E-state index contributed by atoms with van der Waals surface area (Å²) < 4.78 is 68.4. The number of unbranched alkanes of at least 4 members (excludes halogenated alkanes) is 39. The van der Waals surface area contributed by atoms with E-state index in [4.69, 9.17) is 37.0 Å². The van der Waals surface area contributed by atoms with E-state index in [9.17, 15) is 43.2 Å². The molecule has 0 heterocycles. The Morgan fingerprint density at radius 2 is 0.543 bits per heavy atom. The molecule has 94 heavy (non-hydrogen) atoms. The summed E-state index contributed by atoms with van der Waals surface area (Å²) in [5.41, 5.74) is 0. The second-order valence-corrected chi connectivity index (χ2v) is 30.9. The van der Waals surface area contributed by atoms with Gasteiger partial charge in [-0.25, -0.2) is 9.13 Å². The van der Waals surface area contributed by atoms with Gasteiger partial charge >= 0.3 is 39.5 Å². The van der Waals surface area contributed by atoms with Crippen LogP contribution < -0.4 is 0 Å². The summed E-state index contributed by atoms with van der Waals surface area (Å²) in [6, 6.07) is 0. The average Bonchev–Trinajstić information content (AvgIpc) is 2.31. The Kier molecular flexibility index (Phi) is 64.3. The van der Waals surface area contributed by atoms with Crippen molar-refractivity contribution in [1.82, 2.24) is 0 Å². The van der Waals surface area contributed by atoms with Gasteiger partial charge in [0.05, 0.1) is 26.4 Å². The summed E-state index contributed by atoms with van der Waals surface area (Å²) in [5.74, 6) is 0.119. The van der Waals surface area contributed by atoms with Crippen molar-refractivity contribution in [3.05, 3.63) is 0 Å². The molecule has 0 aliphatic heterocycles. The summed E-state index contributed by atoms with van der Waals surface area (Å²) in [4.78, 5) is 72.7. The van der Waals surface area contributed by atoms with Crippen molar-refractivity contribution in [2.75, 3.05) is 39.6 Å². The first kappa shape index (κ1) is 92.1. The number of carbonyl (C=O) groups excluding carboxylic acids is 4. The third-order valence-corrected chi connectivity index (χ3v) is 20.0. The summed E-state index contributed by atoms with van der Waals surface area (Å²) in [7, 11) is -9.91. The lowest BCUT2D eigenvalue weighted by Crippen LogP contribution is -2.30. The van der Waals surface area contributed by atoms with Crippen molar-refractivity contribution in [3.8, 4) is 0 Å². The average molecular weight is 1380 g/mol. The van der Waals surface area contributed by atoms with Crippen LogP contribution in [-0.2, 0) is 65.4 Å². The molecule has 17 nitrogen and oxygen atoms in total. The van der Waals surface area contributed by atoms with Crippen molar-refractivity contribution < 1.29 is 80.2 Å². The van der Waals surface area contributed by atoms with Crippen molar-refractivity contribution in [1.29, 1.82) is 0 Å². The van der Waals surface area contributed by atoms with Gasteiger partial charge in [-0.2, -0.15) is 0 Å². The zero-order valence-electron chi connectivity index (χ0n) is 61.4. The highest BCUT2D eigenvalue weighted by molar-refractivity contribution is 7.47. The summed E-state index contributed by atoms with van der Waals surface area (Å²) in [5, 5.41) is 10.6. The first-order valence-electron chi connectivity index (χ1n) is 38.9. The molecule has 7 atom stereocenters. The molecule has 0 radical (unpaired) electrons. The van der Waals surface area contributed by atoms with E-state index < -0.39 is 97.5 Å². The number of aliphatic hydroxyl groups excluding tert-OH is 1. The zero-order chi connectivity index (χ0) is 69.4. The van der Waals surface area contributed by atoms with E-state index in [0.29, 0.717) is 25.7 Å². The molecule has 0 rings (SSSR count). The van der Waals surface area contributed by atoms with E-state index in [1.165, 1.54) is 186 Å². The molecule has 0 amide bonds. The van der Waals surface area contributed by atoms with Gasteiger partial charge in [-0.3, -0.25) is 37.3 Å². The molecule has 0 fully saturated rings. The Hall–Kier alpha value is -1.94. The maximum atomic E-state index is 13.1. The first-order chi connectivity index (χ1) is 45.3. The maximum absolute atomic E-state index is 13.1. The molecule has 4 unspecified atom stereocenters. The largest absolute Gasteiger partial charge is 0.472 e. The normalized spacial score (nSPS) is 14.7. The molecule has 0 aromatic carbocycles. The predicted octanol–water partition coefficient (Wildman–Crippen LogP) is 21.8. The highest BCUT2D eigenvalue weighted by Crippen LogP contribution is 2.45. The Balaban J connectivity index is 5.23. The SMILES string of the molecule is CCCCCCCCCCCCCCCCCCCCC(=O)O[C@H](COC(=O)CCCCCCCCCCCCCCCC(C)C)COP(=O)(O)OC[C@@H](O)COP(=O)(O)OC[C@@H](COC(=O)CCCCCCCCC(C)CC)OC(=O)CCCCCCCCC(C)CC. The van der Waals surface area contributed by atoms with Crippen LogP contribution in [0.15, 0.2) is 0 Å². The molecule has 0 saturated carbocycles. The number of hydrogen-bond acceptors (Lipinski definition) is 15. The van der Waals surface area contributed by atoms with Gasteiger partial charge in [-0.15, -0.1) is 0 Å². The molecule has 0 aliphatic carbocycles. The summed E-state index contributed by atoms with van der Waals surface area (Å²) in [6.45, 7) is 11.8. The second kappa shape index (κ2) is 65.7. The topological polar surface area (TPSA) is 237 Å². The van der Waals surface area contributed by atoms with Crippen molar-refractivity contribution in [2.24, 2.45) is 17.8 Å². The summed E-state index contributed by atoms with van der Waals surface area (Å²) in [6.07, 6.45) is 51.5. The van der Waals surface area contributed by atoms with Crippen LogP contribution in [0.3, 0.4) is 0 Å². The minimum absolute atomic E-state index is 0.102. The Bertz CT molecular complexity index is 1840. The van der Waals surface area contributed by atoms with E-state index in [1.807, 2.05) is 0 Å². The van der Waals surface area contributed by atoms with Crippen LogP contribution in [0.4, 0.5) is 0 Å². The molecule has 0 bridgehead atoms. The van der Waals surface area contributed by atoms with Crippen LogP contribution in [0.5, 0.6) is 0 Å². The van der Waals surface area contributed by atoms with Crippen LogP contribution in [0.25, 0.3) is 0 Å². The molecular formula is C75H146O17P2. The van der Waals surface area contributed by atoms with Gasteiger partial charge < -0.3 is 33.8 Å². The van der Waals surface area contributed by atoms with Crippen LogP contribution in [0.1, 0.15) is 382 Å². The molecule has 0 saturated heterocycles. The van der Waals surface area contributed by atoms with Gasteiger partial charge in [0.15, 0.2) is 12.2 Å². The highest BCUT2D eigenvalue weighted by Gasteiger charge is 2.30. The van der Waals surface area contributed by atoms with Crippen molar-refractivity contribution in [3.63, 3.8) is 0 Å². The van der Waals surface area contributed by atoms with Gasteiger partial charge in [-0.1, -0.05) is 331 Å². The fourth-order valence-corrected chi connectivity index (χ4v) is 12.9. The number of phosphoric acid groups is 2. The molecule has 558 valence electrons. The standard InChI is InChI=1S/C75H146O17P2/c1-8-11-12-13-14-15-16-17-18-19-20-21-24-28-31-34-44-51-58-74(79)91-70(62-85-72(77)56-49-42-33-30-27-25-22-23-26-29-32-39-46-53-66(4)5)64-89-93(81,82)87-60-69(76)61-88-94(83,84)90-65-71(92-75(80)59-52-45-38-36-41-48-55-68(7)10-3)63-86-73(78)57-50-43-37-35-40-47-54-67(6)9-2/h66-71,76H,8-65H2,1-7H3,(H,81,82)(H,83,84)/t67?,68?,69-,70-,71-/m1/s1. The quantitative estimate of drug-likeness (QED) is 0.0222. The molecule has 0 spiro atoms. The number of carbonyl (C=O) groups is 4. The lowest BCUT2D eigenvalue weighted by Gasteiger charge is -2.21. The van der Waals surface area contributed by atoms with Gasteiger partial charge in [0.2, 0.25) is 0 Å². The summed E-state index contributed by atoms with van der Waals surface area (Å²) >= 11 is 0. The molecule has 3 N–H and O–H groups in total. The maximum Gasteiger partial charge on any atom is 0.472 e. The van der Waals surface area contributed by atoms with Gasteiger partial charge in [0.25, 0.3) is 0 Å². The van der Waals surface area contributed by atoms with E-state index >= 15 is 0 Å². The Labute approximate surface area is 575 Å². The lowest BCUT2D eigenvalue weighted by atomic mass is 10.00.